The number of aromatic amines is 1. The van der Waals surface area contributed by atoms with E-state index in [1.54, 1.807) is 6.07 Å². The van der Waals surface area contributed by atoms with Crippen LogP contribution in [0.4, 0.5) is 0 Å². The van der Waals surface area contributed by atoms with E-state index >= 15 is 0 Å². The van der Waals surface area contributed by atoms with Crippen molar-refractivity contribution in [2.45, 2.75) is 6.92 Å². The lowest BCUT2D eigenvalue weighted by atomic mass is 10.1. The highest BCUT2D eigenvalue weighted by Gasteiger charge is 2.20. The number of rotatable bonds is 2. The summed E-state index contributed by atoms with van der Waals surface area (Å²) in [6.45, 7) is 3.76. The number of nitrogens with one attached hydrogen (secondary N) is 3. The molecule has 0 saturated carbocycles. The lowest BCUT2D eigenvalue weighted by Gasteiger charge is -2.04. The molecular formula is C20H16Cl2N4O2. The average molecular weight is 415 g/mol. The van der Waals surface area contributed by atoms with Crippen LogP contribution in [0, 0.1) is 6.92 Å². The maximum absolute atomic E-state index is 12.6. The molecule has 3 N–H and O–H groups in total. The van der Waals surface area contributed by atoms with Crippen molar-refractivity contribution in [1.82, 2.24) is 15.3 Å². The summed E-state index contributed by atoms with van der Waals surface area (Å²) in [6, 6.07) is 11.4. The number of nitrogens with zero attached hydrogens (tertiary/aromatic N) is 1. The minimum Gasteiger partial charge on any atom is -1.00 e. The van der Waals surface area contributed by atoms with Gasteiger partial charge in [-0.25, -0.2) is 9.78 Å². The Labute approximate surface area is 171 Å². The average Bonchev–Trinajstić information content (AvgIpc) is 3.31. The second-order valence-corrected chi connectivity index (χ2v) is 7.00. The summed E-state index contributed by atoms with van der Waals surface area (Å²) in [5.74, 6) is 1.40. The molecule has 5 rings (SSSR count). The van der Waals surface area contributed by atoms with E-state index < -0.39 is 5.63 Å². The summed E-state index contributed by atoms with van der Waals surface area (Å²) in [4.78, 5) is 23.6. The summed E-state index contributed by atoms with van der Waals surface area (Å²) in [7, 11) is 0. The van der Waals surface area contributed by atoms with Gasteiger partial charge in [0.05, 0.1) is 21.6 Å². The van der Waals surface area contributed by atoms with E-state index in [1.165, 1.54) is 0 Å². The van der Waals surface area contributed by atoms with Gasteiger partial charge in [-0.1, -0.05) is 23.2 Å². The fraction of sp³-hybridized carbons (Fsp3) is 0.150. The van der Waals surface area contributed by atoms with Crippen molar-refractivity contribution in [2.75, 3.05) is 13.1 Å². The molecule has 0 radical (unpaired) electrons. The van der Waals surface area contributed by atoms with Crippen molar-refractivity contribution in [3.8, 4) is 11.4 Å². The Kier molecular flexibility index (Phi) is 4.61. The van der Waals surface area contributed by atoms with Crippen molar-refractivity contribution < 1.29 is 21.8 Å². The molecule has 3 heterocycles. The molecule has 0 fully saturated rings. The standard InChI is InChI=1S/C20H15ClN4O2.ClH/c1-10-2-5-15-12(8-10)17(21)16(20(26)27-15)19-24-13-4-3-11(9-14(13)25-19)18-22-6-7-23-18;/h2-5,8-9H,6-7H2,1H3,(H,22,23)(H,24,25);1H. The van der Waals surface area contributed by atoms with Crippen molar-refractivity contribution in [3.05, 3.63) is 63.0 Å². The van der Waals surface area contributed by atoms with E-state index in [9.17, 15) is 4.79 Å². The third-order valence-corrected chi connectivity index (χ3v) is 5.13. The molecule has 142 valence electrons. The van der Waals surface area contributed by atoms with Gasteiger partial charge < -0.3 is 21.8 Å². The van der Waals surface area contributed by atoms with Crippen LogP contribution in [0.1, 0.15) is 11.1 Å². The van der Waals surface area contributed by atoms with Crippen LogP contribution < -0.4 is 28.3 Å². The number of amidine groups is 1. The summed E-state index contributed by atoms with van der Waals surface area (Å²) in [5.41, 5.74) is 3.85. The summed E-state index contributed by atoms with van der Waals surface area (Å²) >= 11 is 6.57. The van der Waals surface area contributed by atoms with Gasteiger partial charge in [0, 0.05) is 5.39 Å². The Morgan fingerprint density at radius 2 is 2.07 bits per heavy atom. The summed E-state index contributed by atoms with van der Waals surface area (Å²) in [6.07, 6.45) is 0. The molecule has 0 spiro atoms. The molecule has 4 aromatic rings. The molecule has 1 aliphatic heterocycles. The van der Waals surface area contributed by atoms with Crippen LogP contribution in [0.15, 0.2) is 45.6 Å². The van der Waals surface area contributed by atoms with E-state index in [4.69, 9.17) is 16.0 Å². The van der Waals surface area contributed by atoms with E-state index in [-0.39, 0.29) is 18.0 Å². The molecule has 0 bridgehead atoms. The molecule has 2 aromatic carbocycles. The van der Waals surface area contributed by atoms with Gasteiger partial charge in [0.25, 0.3) is 5.84 Å². The highest BCUT2D eigenvalue weighted by Crippen LogP contribution is 2.31. The molecule has 0 atom stereocenters. The van der Waals surface area contributed by atoms with E-state index in [2.05, 4.69) is 20.3 Å². The Bertz CT molecular complexity index is 1310. The minimum atomic E-state index is -0.510. The zero-order chi connectivity index (χ0) is 18.5. The third kappa shape index (κ3) is 2.95. The number of aryl methyl sites for hydroxylation is 1. The zero-order valence-electron chi connectivity index (χ0n) is 14.9. The van der Waals surface area contributed by atoms with Gasteiger partial charge in [-0.05, 0) is 37.3 Å². The van der Waals surface area contributed by atoms with E-state index in [0.717, 1.165) is 41.1 Å². The van der Waals surface area contributed by atoms with Gasteiger partial charge in [-0.15, -0.1) is 0 Å². The van der Waals surface area contributed by atoms with Crippen LogP contribution >= 0.6 is 11.6 Å². The number of hydrogen-bond donors (Lipinski definition) is 3. The molecule has 0 unspecified atom stereocenters. The molecule has 0 saturated heterocycles. The van der Waals surface area contributed by atoms with Crippen LogP contribution in [0.3, 0.4) is 0 Å². The van der Waals surface area contributed by atoms with Gasteiger partial charge in [-0.2, -0.15) is 0 Å². The number of fused-ring (bicyclic) bond motifs is 2. The van der Waals surface area contributed by atoms with E-state index in [0.29, 0.717) is 21.8 Å². The highest BCUT2D eigenvalue weighted by molar-refractivity contribution is 6.37. The van der Waals surface area contributed by atoms with Crippen LogP contribution in [0.25, 0.3) is 33.4 Å². The molecule has 8 heteroatoms. The predicted molar refractivity (Wildman–Crippen MR) is 105 cm³/mol. The van der Waals surface area contributed by atoms with Gasteiger partial charge in [0.1, 0.15) is 30.1 Å². The summed E-state index contributed by atoms with van der Waals surface area (Å²) in [5, 5.41) is 4.35. The van der Waals surface area contributed by atoms with Crippen LogP contribution in [-0.2, 0) is 0 Å². The molecule has 28 heavy (non-hydrogen) atoms. The number of benzene rings is 2. The largest absolute Gasteiger partial charge is 1.00 e. The lowest BCUT2D eigenvalue weighted by molar-refractivity contribution is -0.444. The van der Waals surface area contributed by atoms with Crippen molar-refractivity contribution in [3.63, 3.8) is 0 Å². The third-order valence-electron chi connectivity index (χ3n) is 4.73. The predicted octanol–water partition coefficient (Wildman–Crippen LogP) is -1.27. The first-order valence-electron chi connectivity index (χ1n) is 8.68. The van der Waals surface area contributed by atoms with Gasteiger partial charge >= 0.3 is 5.63 Å². The van der Waals surface area contributed by atoms with Crippen LogP contribution in [0.2, 0.25) is 5.02 Å². The fourth-order valence-corrected chi connectivity index (χ4v) is 3.72. The Balaban J connectivity index is 0.00000192. The molecule has 0 amide bonds. The highest BCUT2D eigenvalue weighted by atomic mass is 35.5. The first-order valence-corrected chi connectivity index (χ1v) is 9.06. The second-order valence-electron chi connectivity index (χ2n) is 6.62. The Hall–Kier alpha value is -2.83. The quantitative estimate of drug-likeness (QED) is 0.357. The van der Waals surface area contributed by atoms with Crippen LogP contribution in [0.5, 0.6) is 0 Å². The van der Waals surface area contributed by atoms with Crippen molar-refractivity contribution in [2.24, 2.45) is 0 Å². The van der Waals surface area contributed by atoms with Crippen molar-refractivity contribution in [1.29, 1.82) is 0 Å². The smallest absolute Gasteiger partial charge is 0.348 e. The van der Waals surface area contributed by atoms with Gasteiger partial charge in [0.2, 0.25) is 0 Å². The molecular weight excluding hydrogens is 399 g/mol. The second kappa shape index (κ2) is 6.96. The van der Waals surface area contributed by atoms with Gasteiger partial charge in [0.15, 0.2) is 0 Å². The Morgan fingerprint density at radius 3 is 2.86 bits per heavy atom. The number of H-pyrrole nitrogens is 1. The van der Waals surface area contributed by atoms with Crippen molar-refractivity contribution >= 4 is 39.4 Å². The molecule has 1 aliphatic rings. The number of aromatic nitrogens is 2. The SMILES string of the molecule is Cc1ccc2oc(=O)c(-c3nc4ccc(C5=[NH+]CCN5)cc4[nH]3)c(Cl)c2c1.[Cl-]. The first kappa shape index (κ1) is 18.5. The first-order chi connectivity index (χ1) is 13.1. The number of hydrogen-bond acceptors (Lipinski definition) is 4. The fourth-order valence-electron chi connectivity index (χ4n) is 3.41. The maximum atomic E-state index is 12.6. The number of imidazole rings is 1. The molecule has 0 aliphatic carbocycles. The van der Waals surface area contributed by atoms with Crippen LogP contribution in [-0.4, -0.2) is 28.9 Å². The summed E-state index contributed by atoms with van der Waals surface area (Å²) < 4.78 is 5.46. The minimum absolute atomic E-state index is 0. The molecule has 2 aromatic heterocycles. The van der Waals surface area contributed by atoms with E-state index in [1.807, 2.05) is 37.3 Å². The number of halogens is 2. The Morgan fingerprint density at radius 1 is 1.21 bits per heavy atom. The monoisotopic (exact) mass is 414 g/mol. The normalized spacial score (nSPS) is 13.4. The lowest BCUT2D eigenvalue weighted by Crippen LogP contribution is -3.00. The topological polar surface area (TPSA) is 84.9 Å². The molecule has 6 nitrogen and oxygen atoms in total. The van der Waals surface area contributed by atoms with Gasteiger partial charge in [-0.3, -0.25) is 10.3 Å². The zero-order valence-corrected chi connectivity index (χ0v) is 16.4. The maximum Gasteiger partial charge on any atom is 0.348 e.